The maximum atomic E-state index is 14.9. The number of halogens is 1. The summed E-state index contributed by atoms with van der Waals surface area (Å²) in [4.78, 5) is 27.3. The average Bonchev–Trinajstić information content (AvgIpc) is 3.06. The molecule has 2 heterocycles. The minimum absolute atomic E-state index is 0.0498. The van der Waals surface area contributed by atoms with Gasteiger partial charge >= 0.3 is 6.09 Å². The first-order chi connectivity index (χ1) is 13.9. The number of hydrogen-bond acceptors (Lipinski definition) is 6. The van der Waals surface area contributed by atoms with Crippen molar-refractivity contribution in [3.63, 3.8) is 0 Å². The molecule has 2 aromatic rings. The van der Waals surface area contributed by atoms with Crippen molar-refractivity contribution in [1.29, 1.82) is 0 Å². The van der Waals surface area contributed by atoms with Crippen LogP contribution in [0.5, 0.6) is 0 Å². The number of nitrogens with one attached hydrogen (secondary N) is 4. The Kier molecular flexibility index (Phi) is 6.13. The first-order valence-corrected chi connectivity index (χ1v) is 8.95. The van der Waals surface area contributed by atoms with Gasteiger partial charge in [0.05, 0.1) is 18.2 Å². The number of aromatic nitrogens is 1. The van der Waals surface area contributed by atoms with Gasteiger partial charge in [0.15, 0.2) is 11.6 Å². The Bertz CT molecular complexity index is 920. The number of carbonyl (C=O) groups is 2. The van der Waals surface area contributed by atoms with Crippen LogP contribution in [0.25, 0.3) is 0 Å². The molecule has 1 aromatic heterocycles. The van der Waals surface area contributed by atoms with Crippen molar-refractivity contribution < 1.29 is 23.8 Å². The number of carboxylic acid groups (broad SMARTS) is 1. The fourth-order valence-corrected chi connectivity index (χ4v) is 3.01. The molecule has 0 spiro atoms. The smallest absolute Gasteiger partial charge is 0.405 e. The fourth-order valence-electron chi connectivity index (χ4n) is 3.01. The molecule has 1 aliphatic rings. The largest absolute Gasteiger partial charge is 0.465 e. The topological polar surface area (TPSA) is 125 Å². The normalized spacial score (nSPS) is 13.4. The van der Waals surface area contributed by atoms with E-state index in [0.29, 0.717) is 5.69 Å². The maximum Gasteiger partial charge on any atom is 0.405 e. The van der Waals surface area contributed by atoms with E-state index in [-0.39, 0.29) is 42.5 Å². The van der Waals surface area contributed by atoms with Crippen molar-refractivity contribution >= 4 is 29.3 Å². The predicted octanol–water partition coefficient (Wildman–Crippen LogP) is 2.21. The number of benzene rings is 1. The van der Waals surface area contributed by atoms with E-state index < -0.39 is 23.9 Å². The number of anilines is 3. The van der Waals surface area contributed by atoms with E-state index in [1.165, 1.54) is 7.11 Å². The zero-order chi connectivity index (χ0) is 21.0. The highest BCUT2D eigenvalue weighted by atomic mass is 19.1. The van der Waals surface area contributed by atoms with E-state index in [4.69, 9.17) is 9.84 Å². The summed E-state index contributed by atoms with van der Waals surface area (Å²) in [6, 6.07) is 6.85. The molecule has 0 saturated carbocycles. The van der Waals surface area contributed by atoms with Crippen LogP contribution in [0.15, 0.2) is 24.3 Å². The SMILES string of the molecule is COCC(CNc1nc(Nc2ccc(C)cc2)c2c(c1F)CNC2=O)NC(=O)O. The quantitative estimate of drug-likeness (QED) is 0.458. The zero-order valence-electron chi connectivity index (χ0n) is 16.0. The number of aryl methyl sites for hydroxylation is 1. The summed E-state index contributed by atoms with van der Waals surface area (Å²) >= 11 is 0. The van der Waals surface area contributed by atoms with Crippen LogP contribution in [0, 0.1) is 12.7 Å². The van der Waals surface area contributed by atoms with Gasteiger partial charge in [0, 0.05) is 31.5 Å². The highest BCUT2D eigenvalue weighted by Gasteiger charge is 2.30. The van der Waals surface area contributed by atoms with Crippen molar-refractivity contribution in [2.75, 3.05) is 30.9 Å². The maximum absolute atomic E-state index is 14.9. The fraction of sp³-hybridized carbons (Fsp3) is 0.316. The Morgan fingerprint density at radius 1 is 1.34 bits per heavy atom. The molecule has 10 heteroatoms. The summed E-state index contributed by atoms with van der Waals surface area (Å²) in [6.07, 6.45) is -1.22. The van der Waals surface area contributed by atoms with E-state index in [9.17, 15) is 14.0 Å². The second kappa shape index (κ2) is 8.74. The molecule has 0 aliphatic carbocycles. The highest BCUT2D eigenvalue weighted by molar-refractivity contribution is 6.03. The lowest BCUT2D eigenvalue weighted by atomic mass is 10.1. The molecule has 0 saturated heterocycles. The molecule has 3 rings (SSSR count). The van der Waals surface area contributed by atoms with Crippen molar-refractivity contribution in [1.82, 2.24) is 15.6 Å². The molecular formula is C19H22FN5O4. The molecule has 1 atom stereocenters. The number of fused-ring (bicyclic) bond motifs is 1. The third kappa shape index (κ3) is 4.72. The summed E-state index contributed by atoms with van der Waals surface area (Å²) in [7, 11) is 1.44. The highest BCUT2D eigenvalue weighted by Crippen LogP contribution is 2.31. The Labute approximate surface area is 166 Å². The number of nitrogens with zero attached hydrogens (tertiary/aromatic N) is 1. The van der Waals surface area contributed by atoms with Gasteiger partial charge < -0.3 is 31.1 Å². The number of hydrogen-bond donors (Lipinski definition) is 5. The van der Waals surface area contributed by atoms with Crippen molar-refractivity contribution in [2.24, 2.45) is 0 Å². The molecule has 5 N–H and O–H groups in total. The number of amides is 2. The van der Waals surface area contributed by atoms with Gasteiger partial charge in [0.1, 0.15) is 5.82 Å². The summed E-state index contributed by atoms with van der Waals surface area (Å²) in [6.45, 7) is 2.15. The van der Waals surface area contributed by atoms with Crippen LogP contribution in [-0.2, 0) is 11.3 Å². The first kappa shape index (κ1) is 20.3. The van der Waals surface area contributed by atoms with Gasteiger partial charge in [-0.3, -0.25) is 4.79 Å². The number of rotatable bonds is 8. The lowest BCUT2D eigenvalue weighted by Gasteiger charge is -2.19. The molecule has 1 unspecified atom stereocenters. The standard InChI is InChI=1S/C19H22FN5O4/c1-10-3-5-11(6-4-10)23-16-14-13(8-22-18(14)26)15(20)17(25-16)21-7-12(9-29-2)24-19(27)28/h3-6,12,24H,7-9H2,1-2H3,(H,22,26)(H,27,28)(H2,21,23,25). The van der Waals surface area contributed by atoms with Crippen LogP contribution in [0.4, 0.5) is 26.5 Å². The second-order valence-corrected chi connectivity index (χ2v) is 6.63. The number of carbonyl (C=O) groups excluding carboxylic acids is 1. The van der Waals surface area contributed by atoms with Crippen LogP contribution in [0.2, 0.25) is 0 Å². The Balaban J connectivity index is 1.88. The molecule has 0 radical (unpaired) electrons. The van der Waals surface area contributed by atoms with Crippen LogP contribution in [-0.4, -0.2) is 48.4 Å². The van der Waals surface area contributed by atoms with E-state index in [2.05, 4.69) is 26.3 Å². The summed E-state index contributed by atoms with van der Waals surface area (Å²) in [5, 5.41) is 19.7. The lowest BCUT2D eigenvalue weighted by molar-refractivity contribution is 0.0966. The summed E-state index contributed by atoms with van der Waals surface area (Å²) in [5.41, 5.74) is 2.14. The van der Waals surface area contributed by atoms with Crippen LogP contribution < -0.4 is 21.3 Å². The van der Waals surface area contributed by atoms with Crippen molar-refractivity contribution in [2.45, 2.75) is 19.5 Å². The third-order valence-corrected chi connectivity index (χ3v) is 4.41. The zero-order valence-corrected chi connectivity index (χ0v) is 16.0. The Hall–Kier alpha value is -3.40. The summed E-state index contributed by atoms with van der Waals surface area (Å²) in [5.74, 6) is -0.919. The van der Waals surface area contributed by atoms with Gasteiger partial charge in [0.25, 0.3) is 5.91 Å². The van der Waals surface area contributed by atoms with Gasteiger partial charge in [-0.25, -0.2) is 14.2 Å². The number of pyridine rings is 1. The average molecular weight is 403 g/mol. The monoisotopic (exact) mass is 403 g/mol. The van der Waals surface area contributed by atoms with Crippen molar-refractivity contribution in [3.8, 4) is 0 Å². The molecule has 0 bridgehead atoms. The lowest BCUT2D eigenvalue weighted by Crippen LogP contribution is -2.42. The van der Waals surface area contributed by atoms with E-state index >= 15 is 0 Å². The van der Waals surface area contributed by atoms with Gasteiger partial charge in [-0.2, -0.15) is 0 Å². The second-order valence-electron chi connectivity index (χ2n) is 6.63. The molecule has 154 valence electrons. The Morgan fingerprint density at radius 3 is 2.72 bits per heavy atom. The first-order valence-electron chi connectivity index (χ1n) is 8.95. The van der Waals surface area contributed by atoms with Gasteiger partial charge in [0.2, 0.25) is 0 Å². The molecule has 1 aliphatic heterocycles. The minimum Gasteiger partial charge on any atom is -0.465 e. The molecule has 29 heavy (non-hydrogen) atoms. The minimum atomic E-state index is -1.22. The van der Waals surface area contributed by atoms with Crippen LogP contribution in [0.1, 0.15) is 21.5 Å². The van der Waals surface area contributed by atoms with E-state index in [1.807, 2.05) is 31.2 Å². The molecule has 2 amide bonds. The molecular weight excluding hydrogens is 381 g/mol. The van der Waals surface area contributed by atoms with Crippen LogP contribution >= 0.6 is 0 Å². The van der Waals surface area contributed by atoms with Crippen molar-refractivity contribution in [3.05, 3.63) is 46.8 Å². The van der Waals surface area contributed by atoms with E-state index in [0.717, 1.165) is 5.56 Å². The van der Waals surface area contributed by atoms with Gasteiger partial charge in [-0.1, -0.05) is 17.7 Å². The Morgan fingerprint density at radius 2 is 2.07 bits per heavy atom. The molecule has 0 fully saturated rings. The molecule has 9 nitrogen and oxygen atoms in total. The van der Waals surface area contributed by atoms with Gasteiger partial charge in [-0.05, 0) is 19.1 Å². The molecule has 1 aromatic carbocycles. The van der Waals surface area contributed by atoms with Gasteiger partial charge in [-0.15, -0.1) is 0 Å². The number of ether oxygens (including phenoxy) is 1. The predicted molar refractivity (Wildman–Crippen MR) is 105 cm³/mol. The number of methoxy groups -OCH3 is 1. The summed E-state index contributed by atoms with van der Waals surface area (Å²) < 4.78 is 19.9. The third-order valence-electron chi connectivity index (χ3n) is 4.41. The van der Waals surface area contributed by atoms with Crippen LogP contribution in [0.3, 0.4) is 0 Å². The van der Waals surface area contributed by atoms with E-state index in [1.54, 1.807) is 0 Å².